The molecule has 2 heteroatoms. The van der Waals surface area contributed by atoms with E-state index in [1.807, 2.05) is 0 Å². The highest BCUT2D eigenvalue weighted by molar-refractivity contribution is 4.49. The summed E-state index contributed by atoms with van der Waals surface area (Å²) in [6.45, 7) is 11.0. The average Bonchev–Trinajstić information content (AvgIpc) is 2.09. The molecule has 0 aromatic carbocycles. The quantitative estimate of drug-likeness (QED) is 0.545. The van der Waals surface area contributed by atoms with Crippen LogP contribution < -0.4 is 0 Å². The maximum absolute atomic E-state index is 5.56. The van der Waals surface area contributed by atoms with Crippen LogP contribution in [-0.4, -0.2) is 25.9 Å². The molecule has 80 valence electrons. The Bertz CT molecular complexity index is 102. The SMILES string of the molecule is CCCCOCC(C)OCC(C)C. The minimum Gasteiger partial charge on any atom is -0.379 e. The Kier molecular flexibility index (Phi) is 8.46. The van der Waals surface area contributed by atoms with Crippen LogP contribution in [0.1, 0.15) is 40.5 Å². The lowest BCUT2D eigenvalue weighted by Crippen LogP contribution is -2.18. The molecule has 0 saturated heterocycles. The summed E-state index contributed by atoms with van der Waals surface area (Å²) in [4.78, 5) is 0. The van der Waals surface area contributed by atoms with E-state index >= 15 is 0 Å². The second kappa shape index (κ2) is 8.52. The minimum absolute atomic E-state index is 0.235. The van der Waals surface area contributed by atoms with Crippen molar-refractivity contribution in [3.63, 3.8) is 0 Å². The monoisotopic (exact) mass is 188 g/mol. The predicted molar refractivity (Wildman–Crippen MR) is 56.0 cm³/mol. The Hall–Kier alpha value is -0.0800. The van der Waals surface area contributed by atoms with Crippen LogP contribution in [0.25, 0.3) is 0 Å². The van der Waals surface area contributed by atoms with E-state index < -0.39 is 0 Å². The lowest BCUT2D eigenvalue weighted by molar-refractivity contribution is -0.0165. The van der Waals surface area contributed by atoms with Crippen molar-refractivity contribution >= 4 is 0 Å². The van der Waals surface area contributed by atoms with E-state index in [1.165, 1.54) is 6.42 Å². The standard InChI is InChI=1S/C11H24O2/c1-5-6-7-12-9-11(4)13-8-10(2)3/h10-11H,5-9H2,1-4H3. The van der Waals surface area contributed by atoms with Crippen molar-refractivity contribution in [1.29, 1.82) is 0 Å². The fourth-order valence-corrected chi connectivity index (χ4v) is 0.901. The fourth-order valence-electron chi connectivity index (χ4n) is 0.901. The number of hydrogen-bond acceptors (Lipinski definition) is 2. The van der Waals surface area contributed by atoms with Gasteiger partial charge in [0.15, 0.2) is 0 Å². The van der Waals surface area contributed by atoms with Crippen molar-refractivity contribution in [3.05, 3.63) is 0 Å². The third kappa shape index (κ3) is 9.84. The van der Waals surface area contributed by atoms with Crippen LogP contribution >= 0.6 is 0 Å². The normalized spacial score (nSPS) is 13.6. The third-order valence-electron chi connectivity index (χ3n) is 1.71. The number of hydrogen-bond donors (Lipinski definition) is 0. The van der Waals surface area contributed by atoms with Crippen LogP contribution in [0.4, 0.5) is 0 Å². The summed E-state index contributed by atoms with van der Waals surface area (Å²) < 4.78 is 11.0. The van der Waals surface area contributed by atoms with Crippen molar-refractivity contribution in [3.8, 4) is 0 Å². The second-order valence-electron chi connectivity index (χ2n) is 3.97. The Labute approximate surface area is 82.6 Å². The van der Waals surface area contributed by atoms with Gasteiger partial charge in [0.05, 0.1) is 12.7 Å². The van der Waals surface area contributed by atoms with Crippen LogP contribution in [0.3, 0.4) is 0 Å². The first-order valence-electron chi connectivity index (χ1n) is 5.36. The number of unbranched alkanes of at least 4 members (excludes halogenated alkanes) is 1. The first-order valence-corrected chi connectivity index (χ1v) is 5.36. The summed E-state index contributed by atoms with van der Waals surface area (Å²) >= 11 is 0. The molecule has 0 fully saturated rings. The van der Waals surface area contributed by atoms with Gasteiger partial charge >= 0.3 is 0 Å². The first-order chi connectivity index (χ1) is 6.16. The molecule has 0 aliphatic rings. The van der Waals surface area contributed by atoms with E-state index in [0.717, 1.165) is 26.2 Å². The van der Waals surface area contributed by atoms with Gasteiger partial charge in [-0.1, -0.05) is 27.2 Å². The van der Waals surface area contributed by atoms with Crippen LogP contribution in [-0.2, 0) is 9.47 Å². The Balaban J connectivity index is 3.15. The van der Waals surface area contributed by atoms with Gasteiger partial charge in [0, 0.05) is 13.2 Å². The zero-order chi connectivity index (χ0) is 10.1. The maximum Gasteiger partial charge on any atom is 0.0780 e. The summed E-state index contributed by atoms with van der Waals surface area (Å²) in [6, 6.07) is 0. The zero-order valence-corrected chi connectivity index (χ0v) is 9.51. The molecule has 0 bridgehead atoms. The van der Waals surface area contributed by atoms with Crippen LogP contribution in [0.15, 0.2) is 0 Å². The predicted octanol–water partition coefficient (Wildman–Crippen LogP) is 2.86. The van der Waals surface area contributed by atoms with Crippen molar-refractivity contribution in [2.75, 3.05) is 19.8 Å². The van der Waals surface area contributed by atoms with Gasteiger partial charge in [-0.15, -0.1) is 0 Å². The molecule has 0 spiro atoms. The molecule has 0 amide bonds. The molecule has 0 radical (unpaired) electrons. The molecule has 0 N–H and O–H groups in total. The van der Waals surface area contributed by atoms with Gasteiger partial charge in [-0.25, -0.2) is 0 Å². The molecule has 0 aromatic heterocycles. The number of rotatable bonds is 8. The summed E-state index contributed by atoms with van der Waals surface area (Å²) in [6.07, 6.45) is 2.58. The van der Waals surface area contributed by atoms with Crippen molar-refractivity contribution < 1.29 is 9.47 Å². The molecule has 1 unspecified atom stereocenters. The van der Waals surface area contributed by atoms with Crippen LogP contribution in [0, 0.1) is 5.92 Å². The second-order valence-corrected chi connectivity index (χ2v) is 3.97. The third-order valence-corrected chi connectivity index (χ3v) is 1.71. The molecule has 2 nitrogen and oxygen atoms in total. The zero-order valence-electron chi connectivity index (χ0n) is 9.51. The van der Waals surface area contributed by atoms with Gasteiger partial charge in [0.2, 0.25) is 0 Å². The van der Waals surface area contributed by atoms with Gasteiger partial charge in [0.1, 0.15) is 0 Å². The maximum atomic E-state index is 5.56. The van der Waals surface area contributed by atoms with Gasteiger partial charge in [-0.3, -0.25) is 0 Å². The van der Waals surface area contributed by atoms with Crippen molar-refractivity contribution in [1.82, 2.24) is 0 Å². The smallest absolute Gasteiger partial charge is 0.0780 e. The first kappa shape index (κ1) is 12.9. The molecular formula is C11H24O2. The number of ether oxygens (including phenoxy) is 2. The van der Waals surface area contributed by atoms with E-state index in [1.54, 1.807) is 0 Å². The van der Waals surface area contributed by atoms with Crippen LogP contribution in [0.2, 0.25) is 0 Å². The van der Waals surface area contributed by atoms with Crippen LogP contribution in [0.5, 0.6) is 0 Å². The molecule has 13 heavy (non-hydrogen) atoms. The molecule has 0 rings (SSSR count). The molecule has 0 saturated carbocycles. The topological polar surface area (TPSA) is 18.5 Å². The van der Waals surface area contributed by atoms with Gasteiger partial charge in [0.25, 0.3) is 0 Å². The van der Waals surface area contributed by atoms with Gasteiger partial charge in [-0.2, -0.15) is 0 Å². The highest BCUT2D eigenvalue weighted by Gasteiger charge is 2.03. The van der Waals surface area contributed by atoms with Gasteiger partial charge < -0.3 is 9.47 Å². The Morgan fingerprint density at radius 3 is 2.31 bits per heavy atom. The molecular weight excluding hydrogens is 164 g/mol. The molecule has 1 atom stereocenters. The Morgan fingerprint density at radius 1 is 1.08 bits per heavy atom. The molecule has 0 heterocycles. The van der Waals surface area contributed by atoms with E-state index in [0.29, 0.717) is 5.92 Å². The molecule has 0 aliphatic carbocycles. The van der Waals surface area contributed by atoms with Crippen molar-refractivity contribution in [2.24, 2.45) is 5.92 Å². The van der Waals surface area contributed by atoms with E-state index in [9.17, 15) is 0 Å². The average molecular weight is 188 g/mol. The molecule has 0 aliphatic heterocycles. The van der Waals surface area contributed by atoms with E-state index in [-0.39, 0.29) is 6.10 Å². The van der Waals surface area contributed by atoms with Gasteiger partial charge in [-0.05, 0) is 19.3 Å². The highest BCUT2D eigenvalue weighted by Crippen LogP contribution is 1.99. The van der Waals surface area contributed by atoms with E-state index in [2.05, 4.69) is 27.7 Å². The van der Waals surface area contributed by atoms with E-state index in [4.69, 9.17) is 9.47 Å². The lowest BCUT2D eigenvalue weighted by atomic mass is 10.2. The summed E-state index contributed by atoms with van der Waals surface area (Å²) in [5.41, 5.74) is 0. The van der Waals surface area contributed by atoms with Crippen molar-refractivity contribution in [2.45, 2.75) is 46.6 Å². The Morgan fingerprint density at radius 2 is 1.77 bits per heavy atom. The largest absolute Gasteiger partial charge is 0.379 e. The fraction of sp³-hybridized carbons (Fsp3) is 1.00. The minimum atomic E-state index is 0.235. The highest BCUT2D eigenvalue weighted by atomic mass is 16.5. The molecule has 0 aromatic rings. The summed E-state index contributed by atoms with van der Waals surface area (Å²) in [5.74, 6) is 0.609. The summed E-state index contributed by atoms with van der Waals surface area (Å²) in [7, 11) is 0. The summed E-state index contributed by atoms with van der Waals surface area (Å²) in [5, 5.41) is 0. The lowest BCUT2D eigenvalue weighted by Gasteiger charge is -2.14.